The molecule has 8 nitrogen and oxygen atoms in total. The van der Waals surface area contributed by atoms with Crippen LogP contribution in [0.1, 0.15) is 15.9 Å². The van der Waals surface area contributed by atoms with E-state index in [-0.39, 0.29) is 12.5 Å². The number of nitrogens with one attached hydrogen (secondary N) is 2. The molecule has 0 atom stereocenters. The van der Waals surface area contributed by atoms with Gasteiger partial charge in [-0.15, -0.1) is 0 Å². The molecule has 0 bridgehead atoms. The summed E-state index contributed by atoms with van der Waals surface area (Å²) < 4.78 is 10.4. The number of hydrazine groups is 1. The third kappa shape index (κ3) is 6.58. The minimum atomic E-state index is -0.429. The van der Waals surface area contributed by atoms with Crippen LogP contribution >= 0.6 is 11.6 Å². The zero-order valence-corrected chi connectivity index (χ0v) is 18.4. The molecule has 0 radical (unpaired) electrons. The lowest BCUT2D eigenvalue weighted by molar-refractivity contribution is -0.123. The number of amides is 2. The third-order valence-corrected chi connectivity index (χ3v) is 5.36. The molecular weight excluding hydrogens is 420 g/mol. The number of carbonyl (C=O) groups is 2. The van der Waals surface area contributed by atoms with E-state index in [4.69, 9.17) is 21.1 Å². The molecule has 0 saturated carbocycles. The van der Waals surface area contributed by atoms with Gasteiger partial charge in [-0.1, -0.05) is 23.7 Å². The molecule has 2 amide bonds. The quantitative estimate of drug-likeness (QED) is 0.632. The number of ether oxygens (including phenoxy) is 2. The standard InChI is InChI=1S/C22H27ClN4O4/c1-30-19-8-5-17(13-20(19)31-2)22(29)25-24-21(28)15-27-11-9-26(10-12-27)14-16-3-6-18(23)7-4-16/h3-8,13H,9-12,14-15H2,1-2H3,(H,24,28)(H,25,29). The van der Waals surface area contributed by atoms with Crippen molar-refractivity contribution in [3.05, 3.63) is 58.6 Å². The van der Waals surface area contributed by atoms with Crippen LogP contribution in [-0.2, 0) is 11.3 Å². The van der Waals surface area contributed by atoms with E-state index in [0.717, 1.165) is 37.7 Å². The molecule has 1 aliphatic heterocycles. The Hall–Kier alpha value is -2.81. The Balaban J connectivity index is 1.40. The first-order valence-electron chi connectivity index (χ1n) is 9.99. The van der Waals surface area contributed by atoms with Gasteiger partial charge in [0.25, 0.3) is 11.8 Å². The van der Waals surface area contributed by atoms with Gasteiger partial charge in [0.15, 0.2) is 11.5 Å². The smallest absolute Gasteiger partial charge is 0.269 e. The molecule has 0 unspecified atom stereocenters. The minimum absolute atomic E-state index is 0.223. The fourth-order valence-corrected chi connectivity index (χ4v) is 3.50. The summed E-state index contributed by atoms with van der Waals surface area (Å²) in [6.45, 7) is 4.39. The van der Waals surface area contributed by atoms with Crippen molar-refractivity contribution in [3.63, 3.8) is 0 Å². The molecule has 0 spiro atoms. The number of hydrogen-bond acceptors (Lipinski definition) is 6. The van der Waals surface area contributed by atoms with E-state index in [1.54, 1.807) is 18.2 Å². The first-order valence-corrected chi connectivity index (χ1v) is 10.4. The number of rotatable bonds is 7. The van der Waals surface area contributed by atoms with Gasteiger partial charge in [-0.2, -0.15) is 0 Å². The summed E-state index contributed by atoms with van der Waals surface area (Å²) in [5, 5.41) is 0.734. The molecular formula is C22H27ClN4O4. The maximum Gasteiger partial charge on any atom is 0.269 e. The molecule has 1 fully saturated rings. The van der Waals surface area contributed by atoms with Crippen molar-refractivity contribution in [2.45, 2.75) is 6.54 Å². The van der Waals surface area contributed by atoms with Crippen molar-refractivity contribution in [1.82, 2.24) is 20.7 Å². The number of methoxy groups -OCH3 is 2. The van der Waals surface area contributed by atoms with Gasteiger partial charge >= 0.3 is 0 Å². The highest BCUT2D eigenvalue weighted by molar-refractivity contribution is 6.30. The van der Waals surface area contributed by atoms with Crippen LogP contribution in [0, 0.1) is 0 Å². The predicted octanol–water partition coefficient (Wildman–Crippen LogP) is 1.94. The maximum absolute atomic E-state index is 12.3. The molecule has 1 saturated heterocycles. The fraction of sp³-hybridized carbons (Fsp3) is 0.364. The van der Waals surface area contributed by atoms with Crippen molar-refractivity contribution >= 4 is 23.4 Å². The SMILES string of the molecule is COc1ccc(C(=O)NNC(=O)CN2CCN(Cc3ccc(Cl)cc3)CC2)cc1OC. The van der Waals surface area contributed by atoms with Crippen LogP contribution in [0.5, 0.6) is 11.5 Å². The topological polar surface area (TPSA) is 83.1 Å². The zero-order valence-electron chi connectivity index (χ0n) is 17.7. The zero-order chi connectivity index (χ0) is 22.2. The van der Waals surface area contributed by atoms with Gasteiger partial charge in [-0.05, 0) is 35.9 Å². The summed E-state index contributed by atoms with van der Waals surface area (Å²) in [5.74, 6) is 0.276. The summed E-state index contributed by atoms with van der Waals surface area (Å²) in [7, 11) is 3.02. The van der Waals surface area contributed by atoms with Crippen LogP contribution in [0.4, 0.5) is 0 Å². The normalized spacial score (nSPS) is 14.7. The average Bonchev–Trinajstić information content (AvgIpc) is 2.79. The second-order valence-electron chi connectivity index (χ2n) is 7.25. The Bertz CT molecular complexity index is 899. The van der Waals surface area contributed by atoms with Crippen LogP contribution in [0.3, 0.4) is 0 Å². The number of piperazine rings is 1. The van der Waals surface area contributed by atoms with Gasteiger partial charge in [0.2, 0.25) is 0 Å². The van der Waals surface area contributed by atoms with Gasteiger partial charge in [-0.3, -0.25) is 30.2 Å². The van der Waals surface area contributed by atoms with Gasteiger partial charge in [0, 0.05) is 43.3 Å². The van der Waals surface area contributed by atoms with Crippen molar-refractivity contribution in [2.24, 2.45) is 0 Å². The van der Waals surface area contributed by atoms with E-state index in [2.05, 4.69) is 20.7 Å². The van der Waals surface area contributed by atoms with Crippen LogP contribution in [-0.4, -0.2) is 68.6 Å². The van der Waals surface area contributed by atoms with E-state index in [0.29, 0.717) is 17.1 Å². The molecule has 0 aliphatic carbocycles. The van der Waals surface area contributed by atoms with Gasteiger partial charge in [0.05, 0.1) is 20.8 Å². The number of nitrogens with zero attached hydrogens (tertiary/aromatic N) is 2. The van der Waals surface area contributed by atoms with Crippen molar-refractivity contribution in [3.8, 4) is 11.5 Å². The lowest BCUT2D eigenvalue weighted by Crippen LogP contribution is -2.51. The Morgan fingerprint density at radius 2 is 1.55 bits per heavy atom. The van der Waals surface area contributed by atoms with Gasteiger partial charge < -0.3 is 9.47 Å². The molecule has 2 aromatic rings. The Kier molecular flexibility index (Phi) is 8.11. The number of halogens is 1. The maximum atomic E-state index is 12.3. The molecule has 9 heteroatoms. The highest BCUT2D eigenvalue weighted by atomic mass is 35.5. The summed E-state index contributed by atoms with van der Waals surface area (Å²) in [6.07, 6.45) is 0. The van der Waals surface area contributed by atoms with E-state index in [1.165, 1.54) is 19.8 Å². The Morgan fingerprint density at radius 3 is 2.19 bits per heavy atom. The summed E-state index contributed by atoms with van der Waals surface area (Å²) >= 11 is 5.93. The van der Waals surface area contributed by atoms with Gasteiger partial charge in [0.1, 0.15) is 0 Å². The monoisotopic (exact) mass is 446 g/mol. The predicted molar refractivity (Wildman–Crippen MR) is 118 cm³/mol. The van der Waals surface area contributed by atoms with E-state index in [1.807, 2.05) is 24.3 Å². The number of hydrogen-bond donors (Lipinski definition) is 2. The third-order valence-electron chi connectivity index (χ3n) is 5.11. The van der Waals surface area contributed by atoms with Crippen LogP contribution in [0.15, 0.2) is 42.5 Å². The first-order chi connectivity index (χ1) is 15.0. The summed E-state index contributed by atoms with van der Waals surface area (Å²) in [6, 6.07) is 12.6. The Morgan fingerprint density at radius 1 is 0.903 bits per heavy atom. The number of carbonyl (C=O) groups excluding carboxylic acids is 2. The Labute approximate surface area is 187 Å². The van der Waals surface area contributed by atoms with E-state index in [9.17, 15) is 9.59 Å². The van der Waals surface area contributed by atoms with Crippen LogP contribution < -0.4 is 20.3 Å². The molecule has 1 aliphatic rings. The minimum Gasteiger partial charge on any atom is -0.493 e. The lowest BCUT2D eigenvalue weighted by Gasteiger charge is -2.34. The first kappa shape index (κ1) is 22.9. The summed E-state index contributed by atoms with van der Waals surface area (Å²) in [5.41, 5.74) is 6.48. The highest BCUT2D eigenvalue weighted by Crippen LogP contribution is 2.27. The molecule has 0 aromatic heterocycles. The second kappa shape index (κ2) is 11.0. The highest BCUT2D eigenvalue weighted by Gasteiger charge is 2.19. The van der Waals surface area contributed by atoms with Crippen molar-refractivity contribution < 1.29 is 19.1 Å². The largest absolute Gasteiger partial charge is 0.493 e. The molecule has 31 heavy (non-hydrogen) atoms. The van der Waals surface area contributed by atoms with E-state index >= 15 is 0 Å². The molecule has 1 heterocycles. The van der Waals surface area contributed by atoms with Crippen molar-refractivity contribution in [2.75, 3.05) is 46.9 Å². The van der Waals surface area contributed by atoms with Crippen LogP contribution in [0.25, 0.3) is 0 Å². The van der Waals surface area contributed by atoms with Crippen molar-refractivity contribution in [1.29, 1.82) is 0 Å². The summed E-state index contributed by atoms with van der Waals surface area (Å²) in [4.78, 5) is 28.9. The molecule has 3 rings (SSSR count). The molecule has 166 valence electrons. The van der Waals surface area contributed by atoms with Crippen LogP contribution in [0.2, 0.25) is 5.02 Å². The van der Waals surface area contributed by atoms with Gasteiger partial charge in [-0.25, -0.2) is 0 Å². The number of benzene rings is 2. The average molecular weight is 447 g/mol. The molecule has 2 N–H and O–H groups in total. The molecule has 2 aromatic carbocycles. The fourth-order valence-electron chi connectivity index (χ4n) is 3.37. The lowest BCUT2D eigenvalue weighted by atomic mass is 10.2. The van der Waals surface area contributed by atoms with E-state index < -0.39 is 5.91 Å². The second-order valence-corrected chi connectivity index (χ2v) is 7.69.